The number of rotatable bonds is 2. The number of nitrogens with one attached hydrogen (secondary N) is 2. The molecule has 2 amide bonds. The molecular formula is C14H17N3O4. The van der Waals surface area contributed by atoms with E-state index in [9.17, 15) is 9.59 Å². The van der Waals surface area contributed by atoms with E-state index in [1.54, 1.807) is 25.1 Å². The van der Waals surface area contributed by atoms with Gasteiger partial charge in [0.25, 0.3) is 5.91 Å². The number of benzene rings is 1. The third-order valence-electron chi connectivity index (χ3n) is 3.67. The summed E-state index contributed by atoms with van der Waals surface area (Å²) in [6, 6.07) is 5.06. The predicted molar refractivity (Wildman–Crippen MR) is 76.1 cm³/mol. The summed E-state index contributed by atoms with van der Waals surface area (Å²) in [5.41, 5.74) is 6.08. The summed E-state index contributed by atoms with van der Waals surface area (Å²) in [6.07, 6.45) is -0.0397. The monoisotopic (exact) mass is 291 g/mol. The maximum Gasteiger partial charge on any atom is 0.265 e. The number of nitrogens with two attached hydrogens (primary N) is 1. The van der Waals surface area contributed by atoms with Gasteiger partial charge in [-0.2, -0.15) is 0 Å². The number of amides is 2. The Labute approximate surface area is 121 Å². The molecule has 1 aromatic rings. The lowest BCUT2D eigenvalue weighted by atomic mass is 9.99. The van der Waals surface area contributed by atoms with Crippen molar-refractivity contribution in [2.75, 3.05) is 23.8 Å². The SMILES string of the molecule is CC1Oc2ccc(NC(=O)C3(N)CCOC3)cc2NC1=O. The Morgan fingerprint density at radius 3 is 3.05 bits per heavy atom. The summed E-state index contributed by atoms with van der Waals surface area (Å²) >= 11 is 0. The molecule has 2 atom stereocenters. The second-order valence-electron chi connectivity index (χ2n) is 5.37. The number of fused-ring (bicyclic) bond motifs is 1. The highest BCUT2D eigenvalue weighted by atomic mass is 16.5. The highest BCUT2D eigenvalue weighted by Crippen LogP contribution is 2.32. The molecule has 3 rings (SSSR count). The first-order valence-electron chi connectivity index (χ1n) is 6.78. The number of hydrogen-bond acceptors (Lipinski definition) is 5. The van der Waals surface area contributed by atoms with Gasteiger partial charge >= 0.3 is 0 Å². The van der Waals surface area contributed by atoms with Gasteiger partial charge in [0.15, 0.2) is 6.10 Å². The van der Waals surface area contributed by atoms with E-state index in [1.807, 2.05) is 0 Å². The molecule has 1 fully saturated rings. The first-order valence-corrected chi connectivity index (χ1v) is 6.78. The Kier molecular flexibility index (Phi) is 3.30. The lowest BCUT2D eigenvalue weighted by molar-refractivity contribution is -0.122. The number of anilines is 2. The van der Waals surface area contributed by atoms with Gasteiger partial charge in [-0.15, -0.1) is 0 Å². The molecule has 1 saturated heterocycles. The van der Waals surface area contributed by atoms with Crippen molar-refractivity contribution in [3.63, 3.8) is 0 Å². The number of carbonyl (C=O) groups is 2. The fourth-order valence-corrected chi connectivity index (χ4v) is 2.30. The predicted octanol–water partition coefficient (Wildman–Crippen LogP) is 0.462. The molecule has 0 aliphatic carbocycles. The van der Waals surface area contributed by atoms with E-state index < -0.39 is 11.6 Å². The summed E-state index contributed by atoms with van der Waals surface area (Å²) in [4.78, 5) is 23.8. The van der Waals surface area contributed by atoms with Crippen LogP contribution in [0, 0.1) is 0 Å². The van der Waals surface area contributed by atoms with Crippen molar-refractivity contribution in [3.8, 4) is 5.75 Å². The maximum atomic E-state index is 12.2. The van der Waals surface area contributed by atoms with Crippen LogP contribution in [0.1, 0.15) is 13.3 Å². The highest BCUT2D eigenvalue weighted by Gasteiger charge is 2.38. The Balaban J connectivity index is 1.77. The van der Waals surface area contributed by atoms with Crippen LogP contribution in [-0.2, 0) is 14.3 Å². The minimum absolute atomic E-state index is 0.209. The van der Waals surface area contributed by atoms with Crippen molar-refractivity contribution in [2.45, 2.75) is 25.0 Å². The van der Waals surface area contributed by atoms with E-state index >= 15 is 0 Å². The van der Waals surface area contributed by atoms with Gasteiger partial charge < -0.3 is 25.8 Å². The van der Waals surface area contributed by atoms with Gasteiger partial charge in [-0.3, -0.25) is 9.59 Å². The van der Waals surface area contributed by atoms with Crippen LogP contribution in [0.5, 0.6) is 5.75 Å². The molecule has 112 valence electrons. The second kappa shape index (κ2) is 5.01. The zero-order valence-corrected chi connectivity index (χ0v) is 11.6. The Morgan fingerprint density at radius 1 is 1.52 bits per heavy atom. The lowest BCUT2D eigenvalue weighted by Crippen LogP contribution is -2.51. The number of hydrogen-bond donors (Lipinski definition) is 3. The molecule has 21 heavy (non-hydrogen) atoms. The molecule has 0 bridgehead atoms. The van der Waals surface area contributed by atoms with Crippen molar-refractivity contribution in [1.82, 2.24) is 0 Å². The second-order valence-corrected chi connectivity index (χ2v) is 5.37. The Bertz CT molecular complexity index is 596. The zero-order chi connectivity index (χ0) is 15.0. The normalized spacial score (nSPS) is 27.5. The molecule has 0 saturated carbocycles. The smallest absolute Gasteiger partial charge is 0.265 e. The van der Waals surface area contributed by atoms with Gasteiger partial charge in [0.2, 0.25) is 5.91 Å². The first kappa shape index (κ1) is 13.8. The molecule has 7 heteroatoms. The zero-order valence-electron chi connectivity index (χ0n) is 11.6. The summed E-state index contributed by atoms with van der Waals surface area (Å²) in [6.45, 7) is 2.36. The molecule has 4 N–H and O–H groups in total. The summed E-state index contributed by atoms with van der Waals surface area (Å²) in [5.74, 6) is 0.0635. The van der Waals surface area contributed by atoms with Crippen LogP contribution in [0.4, 0.5) is 11.4 Å². The van der Waals surface area contributed by atoms with Crippen LogP contribution >= 0.6 is 0 Å². The third kappa shape index (κ3) is 2.57. The van der Waals surface area contributed by atoms with E-state index in [1.165, 1.54) is 0 Å². The average molecular weight is 291 g/mol. The summed E-state index contributed by atoms with van der Waals surface area (Å²) in [5, 5.41) is 5.48. The molecule has 2 aliphatic heterocycles. The van der Waals surface area contributed by atoms with Gasteiger partial charge in [-0.05, 0) is 31.5 Å². The molecule has 2 heterocycles. The topological polar surface area (TPSA) is 103 Å². The fourth-order valence-electron chi connectivity index (χ4n) is 2.30. The van der Waals surface area contributed by atoms with Crippen LogP contribution in [0.2, 0.25) is 0 Å². The van der Waals surface area contributed by atoms with E-state index in [0.29, 0.717) is 30.2 Å². The largest absolute Gasteiger partial charge is 0.479 e. The van der Waals surface area contributed by atoms with E-state index in [0.717, 1.165) is 0 Å². The molecule has 2 aliphatic rings. The third-order valence-corrected chi connectivity index (χ3v) is 3.67. The van der Waals surface area contributed by atoms with E-state index in [4.69, 9.17) is 15.2 Å². The average Bonchev–Trinajstić information content (AvgIpc) is 2.89. The molecule has 1 aromatic carbocycles. The maximum absolute atomic E-state index is 12.2. The van der Waals surface area contributed by atoms with Crippen LogP contribution in [0.15, 0.2) is 18.2 Å². The molecular weight excluding hydrogens is 274 g/mol. The highest BCUT2D eigenvalue weighted by molar-refractivity contribution is 6.01. The van der Waals surface area contributed by atoms with Crippen molar-refractivity contribution in [1.29, 1.82) is 0 Å². The quantitative estimate of drug-likeness (QED) is 0.734. The van der Waals surface area contributed by atoms with E-state index in [2.05, 4.69) is 10.6 Å². The minimum atomic E-state index is -0.996. The van der Waals surface area contributed by atoms with Crippen molar-refractivity contribution >= 4 is 23.2 Å². The van der Waals surface area contributed by atoms with Crippen molar-refractivity contribution < 1.29 is 19.1 Å². The van der Waals surface area contributed by atoms with E-state index in [-0.39, 0.29) is 18.4 Å². The van der Waals surface area contributed by atoms with Gasteiger partial charge in [-0.1, -0.05) is 0 Å². The van der Waals surface area contributed by atoms with Gasteiger partial charge in [0.1, 0.15) is 11.3 Å². The van der Waals surface area contributed by atoms with Crippen LogP contribution in [0.3, 0.4) is 0 Å². The summed E-state index contributed by atoms with van der Waals surface area (Å²) in [7, 11) is 0. The Hall–Kier alpha value is -2.12. The van der Waals surface area contributed by atoms with Crippen molar-refractivity contribution in [2.24, 2.45) is 5.73 Å². The molecule has 7 nitrogen and oxygen atoms in total. The number of ether oxygens (including phenoxy) is 2. The van der Waals surface area contributed by atoms with Crippen molar-refractivity contribution in [3.05, 3.63) is 18.2 Å². The Morgan fingerprint density at radius 2 is 2.33 bits per heavy atom. The van der Waals surface area contributed by atoms with Gasteiger partial charge in [0, 0.05) is 12.3 Å². The number of carbonyl (C=O) groups excluding carboxylic acids is 2. The molecule has 2 unspecified atom stereocenters. The minimum Gasteiger partial charge on any atom is -0.479 e. The summed E-state index contributed by atoms with van der Waals surface area (Å²) < 4.78 is 10.6. The standard InChI is InChI=1S/C14H17N3O4/c1-8-12(18)17-10-6-9(2-3-11(10)21-8)16-13(19)14(15)4-5-20-7-14/h2-3,6,8H,4-5,7,15H2,1H3,(H,16,19)(H,17,18). The van der Waals surface area contributed by atoms with Gasteiger partial charge in [0.05, 0.1) is 12.3 Å². The first-order chi connectivity index (χ1) is 9.98. The van der Waals surface area contributed by atoms with Crippen LogP contribution in [0.25, 0.3) is 0 Å². The lowest BCUT2D eigenvalue weighted by Gasteiger charge is -2.25. The molecule has 0 radical (unpaired) electrons. The molecule has 0 aromatic heterocycles. The van der Waals surface area contributed by atoms with Crippen LogP contribution in [-0.4, -0.2) is 36.7 Å². The van der Waals surface area contributed by atoms with Crippen LogP contribution < -0.4 is 21.1 Å². The fraction of sp³-hybridized carbons (Fsp3) is 0.429. The van der Waals surface area contributed by atoms with Gasteiger partial charge in [-0.25, -0.2) is 0 Å². The molecule has 0 spiro atoms.